The van der Waals surface area contributed by atoms with Gasteiger partial charge in [0.2, 0.25) is 0 Å². The Kier molecular flexibility index (Phi) is 5.18. The molecule has 2 aromatic rings. The number of ether oxygens (including phenoxy) is 2. The SMILES string of the molecule is COc1ccc(C(C)=O)cc1COC(=O)c1cc(C(C)=O)cn1C. The summed E-state index contributed by atoms with van der Waals surface area (Å²) < 4.78 is 12.1. The van der Waals surface area contributed by atoms with Gasteiger partial charge in [-0.05, 0) is 38.1 Å². The molecule has 0 saturated carbocycles. The third kappa shape index (κ3) is 3.71. The highest BCUT2D eigenvalue weighted by Gasteiger charge is 2.16. The van der Waals surface area contributed by atoms with Gasteiger partial charge in [-0.2, -0.15) is 0 Å². The van der Waals surface area contributed by atoms with Gasteiger partial charge in [-0.1, -0.05) is 0 Å². The number of hydrogen-bond donors (Lipinski definition) is 0. The summed E-state index contributed by atoms with van der Waals surface area (Å²) in [6.07, 6.45) is 1.58. The van der Waals surface area contributed by atoms with Crippen molar-refractivity contribution in [3.63, 3.8) is 0 Å². The molecule has 0 spiro atoms. The first kappa shape index (κ1) is 17.5. The Morgan fingerprint density at radius 2 is 1.71 bits per heavy atom. The summed E-state index contributed by atoms with van der Waals surface area (Å²) in [5.41, 5.74) is 1.83. The van der Waals surface area contributed by atoms with Crippen LogP contribution in [0.4, 0.5) is 0 Å². The number of benzene rings is 1. The van der Waals surface area contributed by atoms with E-state index in [2.05, 4.69) is 0 Å². The molecule has 24 heavy (non-hydrogen) atoms. The molecule has 0 unspecified atom stereocenters. The van der Waals surface area contributed by atoms with E-state index in [1.54, 1.807) is 36.0 Å². The second kappa shape index (κ2) is 7.12. The van der Waals surface area contributed by atoms with Crippen molar-refractivity contribution >= 4 is 17.5 Å². The van der Waals surface area contributed by atoms with Crippen molar-refractivity contribution in [2.75, 3.05) is 7.11 Å². The lowest BCUT2D eigenvalue weighted by Crippen LogP contribution is -2.10. The first-order valence-corrected chi connectivity index (χ1v) is 7.35. The highest BCUT2D eigenvalue weighted by Crippen LogP contribution is 2.22. The second-order valence-electron chi connectivity index (χ2n) is 5.44. The molecular formula is C18H19NO5. The Bertz CT molecular complexity index is 804. The Labute approximate surface area is 140 Å². The first-order valence-electron chi connectivity index (χ1n) is 7.35. The molecule has 0 bridgehead atoms. The van der Waals surface area contributed by atoms with E-state index in [1.807, 2.05) is 0 Å². The molecule has 0 fully saturated rings. The molecule has 0 aliphatic rings. The zero-order chi connectivity index (χ0) is 17.9. The quantitative estimate of drug-likeness (QED) is 0.602. The maximum absolute atomic E-state index is 12.2. The van der Waals surface area contributed by atoms with E-state index < -0.39 is 5.97 Å². The van der Waals surface area contributed by atoms with E-state index in [0.29, 0.717) is 22.4 Å². The maximum atomic E-state index is 12.2. The van der Waals surface area contributed by atoms with Crippen molar-refractivity contribution in [1.29, 1.82) is 0 Å². The van der Waals surface area contributed by atoms with Crippen LogP contribution >= 0.6 is 0 Å². The topological polar surface area (TPSA) is 74.6 Å². The van der Waals surface area contributed by atoms with Crippen LogP contribution in [0.5, 0.6) is 5.75 Å². The van der Waals surface area contributed by atoms with Gasteiger partial charge in [0, 0.05) is 29.9 Å². The van der Waals surface area contributed by atoms with Gasteiger partial charge in [-0.25, -0.2) is 4.79 Å². The summed E-state index contributed by atoms with van der Waals surface area (Å²) in [6.45, 7) is 2.86. The number of aryl methyl sites for hydroxylation is 1. The lowest BCUT2D eigenvalue weighted by Gasteiger charge is -2.11. The molecule has 0 amide bonds. The van der Waals surface area contributed by atoms with Gasteiger partial charge in [0.25, 0.3) is 0 Å². The van der Waals surface area contributed by atoms with Crippen LogP contribution in [-0.2, 0) is 18.4 Å². The predicted molar refractivity (Wildman–Crippen MR) is 87.5 cm³/mol. The highest BCUT2D eigenvalue weighted by molar-refractivity contribution is 5.97. The molecule has 0 radical (unpaired) electrons. The number of ketones is 2. The lowest BCUT2D eigenvalue weighted by molar-refractivity contribution is 0.0459. The molecule has 2 rings (SSSR count). The molecule has 0 atom stereocenters. The molecule has 0 aliphatic carbocycles. The molecule has 6 nitrogen and oxygen atoms in total. The number of nitrogens with zero attached hydrogens (tertiary/aromatic N) is 1. The molecule has 6 heteroatoms. The van der Waals surface area contributed by atoms with E-state index in [1.165, 1.54) is 27.0 Å². The molecular weight excluding hydrogens is 310 g/mol. The van der Waals surface area contributed by atoms with Crippen molar-refractivity contribution in [3.8, 4) is 5.75 Å². The number of aromatic nitrogens is 1. The van der Waals surface area contributed by atoms with Crippen molar-refractivity contribution in [1.82, 2.24) is 4.57 Å². The minimum absolute atomic E-state index is 0.0380. The number of esters is 1. The summed E-state index contributed by atoms with van der Waals surface area (Å²) in [5.74, 6) is -0.233. The predicted octanol–water partition coefficient (Wildman–Crippen LogP) is 2.80. The van der Waals surface area contributed by atoms with Crippen molar-refractivity contribution in [3.05, 3.63) is 52.8 Å². The van der Waals surface area contributed by atoms with E-state index in [0.717, 1.165) is 0 Å². The molecule has 1 aromatic carbocycles. The zero-order valence-corrected chi connectivity index (χ0v) is 14.1. The average Bonchev–Trinajstić information content (AvgIpc) is 2.94. The Morgan fingerprint density at radius 3 is 2.25 bits per heavy atom. The van der Waals surface area contributed by atoms with E-state index in [-0.39, 0.29) is 23.9 Å². The van der Waals surface area contributed by atoms with Gasteiger partial charge in [0.05, 0.1) is 7.11 Å². The second-order valence-corrected chi connectivity index (χ2v) is 5.44. The molecule has 1 aromatic heterocycles. The monoisotopic (exact) mass is 329 g/mol. The average molecular weight is 329 g/mol. The molecule has 0 aliphatic heterocycles. The van der Waals surface area contributed by atoms with Crippen molar-refractivity contribution in [2.45, 2.75) is 20.5 Å². The molecule has 126 valence electrons. The van der Waals surface area contributed by atoms with Gasteiger partial charge in [0.1, 0.15) is 18.1 Å². The summed E-state index contributed by atoms with van der Waals surface area (Å²) in [5, 5.41) is 0. The fourth-order valence-corrected chi connectivity index (χ4v) is 2.29. The van der Waals surface area contributed by atoms with Gasteiger partial charge < -0.3 is 14.0 Å². The molecule has 0 saturated heterocycles. The Morgan fingerprint density at radius 1 is 1.04 bits per heavy atom. The third-order valence-electron chi connectivity index (χ3n) is 3.67. The van der Waals surface area contributed by atoms with Gasteiger partial charge >= 0.3 is 5.97 Å². The fourth-order valence-electron chi connectivity index (χ4n) is 2.29. The molecule has 0 N–H and O–H groups in total. The van der Waals surface area contributed by atoms with Gasteiger partial charge in [0.15, 0.2) is 11.6 Å². The van der Waals surface area contributed by atoms with Crippen LogP contribution in [0.3, 0.4) is 0 Å². The third-order valence-corrected chi connectivity index (χ3v) is 3.67. The van der Waals surface area contributed by atoms with Crippen molar-refractivity contribution < 1.29 is 23.9 Å². The molecule has 1 heterocycles. The number of carbonyl (C=O) groups is 3. The zero-order valence-electron chi connectivity index (χ0n) is 14.1. The van der Waals surface area contributed by atoms with E-state index >= 15 is 0 Å². The smallest absolute Gasteiger partial charge is 0.355 e. The van der Waals surface area contributed by atoms with Crippen LogP contribution in [0.1, 0.15) is 50.6 Å². The number of rotatable bonds is 6. The van der Waals surface area contributed by atoms with Crippen LogP contribution < -0.4 is 4.74 Å². The van der Waals surface area contributed by atoms with Crippen LogP contribution in [0.2, 0.25) is 0 Å². The number of carbonyl (C=O) groups excluding carboxylic acids is 3. The Hall–Kier alpha value is -2.89. The van der Waals surface area contributed by atoms with Crippen LogP contribution in [0.25, 0.3) is 0 Å². The Balaban J connectivity index is 2.18. The number of methoxy groups -OCH3 is 1. The van der Waals surface area contributed by atoms with Crippen LogP contribution in [0, 0.1) is 0 Å². The summed E-state index contributed by atoms with van der Waals surface area (Å²) in [6, 6.07) is 6.45. The van der Waals surface area contributed by atoms with Gasteiger partial charge in [-0.15, -0.1) is 0 Å². The van der Waals surface area contributed by atoms with Crippen LogP contribution in [0.15, 0.2) is 30.5 Å². The standard InChI is InChI=1S/C18H19NO5/c1-11(20)13-5-6-17(23-4)15(7-13)10-24-18(22)16-8-14(12(2)21)9-19(16)3/h5-9H,10H2,1-4H3. The minimum atomic E-state index is -0.555. The summed E-state index contributed by atoms with van der Waals surface area (Å²) in [4.78, 5) is 35.1. The van der Waals surface area contributed by atoms with Crippen LogP contribution in [-0.4, -0.2) is 29.2 Å². The maximum Gasteiger partial charge on any atom is 0.355 e. The normalized spacial score (nSPS) is 10.3. The first-order chi connectivity index (χ1) is 11.3. The van der Waals surface area contributed by atoms with Gasteiger partial charge in [-0.3, -0.25) is 9.59 Å². The van der Waals surface area contributed by atoms with E-state index in [9.17, 15) is 14.4 Å². The largest absolute Gasteiger partial charge is 0.496 e. The summed E-state index contributed by atoms with van der Waals surface area (Å²) >= 11 is 0. The van der Waals surface area contributed by atoms with Crippen molar-refractivity contribution in [2.24, 2.45) is 7.05 Å². The lowest BCUT2D eigenvalue weighted by atomic mass is 10.1. The number of Topliss-reactive ketones (excluding diaryl/α,β-unsaturated/α-hetero) is 2. The fraction of sp³-hybridized carbons (Fsp3) is 0.278. The summed E-state index contributed by atoms with van der Waals surface area (Å²) in [7, 11) is 3.17. The number of hydrogen-bond acceptors (Lipinski definition) is 5. The van der Waals surface area contributed by atoms with E-state index in [4.69, 9.17) is 9.47 Å². The highest BCUT2D eigenvalue weighted by atomic mass is 16.5. The minimum Gasteiger partial charge on any atom is -0.496 e.